The third-order valence-electron chi connectivity index (χ3n) is 3.21. The van der Waals surface area contributed by atoms with Gasteiger partial charge >= 0.3 is 0 Å². The van der Waals surface area contributed by atoms with Crippen molar-refractivity contribution in [3.8, 4) is 11.3 Å². The molecule has 17 heavy (non-hydrogen) atoms. The fourth-order valence-electron chi connectivity index (χ4n) is 2.44. The van der Waals surface area contributed by atoms with Crippen LogP contribution in [0.3, 0.4) is 0 Å². The summed E-state index contributed by atoms with van der Waals surface area (Å²) in [6.07, 6.45) is 4.13. The van der Waals surface area contributed by atoms with Crippen LogP contribution < -0.4 is 0 Å². The zero-order chi connectivity index (χ0) is 11.2. The molecule has 0 aliphatic carbocycles. The summed E-state index contributed by atoms with van der Waals surface area (Å²) in [7, 11) is 0. The highest BCUT2D eigenvalue weighted by Gasteiger charge is 2.13. The predicted octanol–water partition coefficient (Wildman–Crippen LogP) is 3.59. The lowest BCUT2D eigenvalue weighted by atomic mass is 10.1. The first-order valence-electron chi connectivity index (χ1n) is 5.68. The van der Waals surface area contributed by atoms with Crippen molar-refractivity contribution in [1.82, 2.24) is 9.38 Å². The van der Waals surface area contributed by atoms with E-state index in [1.807, 2.05) is 12.1 Å². The Morgan fingerprint density at radius 2 is 1.71 bits per heavy atom. The average Bonchev–Trinajstić information content (AvgIpc) is 2.77. The molecule has 0 spiro atoms. The third-order valence-corrected chi connectivity index (χ3v) is 3.21. The summed E-state index contributed by atoms with van der Waals surface area (Å²) in [5.41, 5.74) is 4.58. The number of hydrogen-bond donors (Lipinski definition) is 0. The smallest absolute Gasteiger partial charge is 0.0752 e. The Kier molecular flexibility index (Phi) is 1.59. The maximum Gasteiger partial charge on any atom is 0.0752 e. The molecule has 2 nitrogen and oxygen atoms in total. The number of hydrogen-bond acceptors (Lipinski definition) is 1. The summed E-state index contributed by atoms with van der Waals surface area (Å²) < 4.78 is 2.14. The van der Waals surface area contributed by atoms with Crippen molar-refractivity contribution in [3.63, 3.8) is 0 Å². The number of rotatable bonds is 0. The van der Waals surface area contributed by atoms with Crippen LogP contribution in [0, 0.1) is 0 Å². The van der Waals surface area contributed by atoms with E-state index in [1.165, 1.54) is 16.5 Å². The van der Waals surface area contributed by atoms with E-state index in [9.17, 15) is 0 Å². The Hall–Kier alpha value is -2.35. The highest BCUT2D eigenvalue weighted by Crippen LogP contribution is 2.33. The summed E-state index contributed by atoms with van der Waals surface area (Å²) in [6, 6.07) is 16.6. The summed E-state index contributed by atoms with van der Waals surface area (Å²) in [6.45, 7) is 0. The van der Waals surface area contributed by atoms with Crippen molar-refractivity contribution in [2.75, 3.05) is 0 Å². The maximum atomic E-state index is 4.65. The highest BCUT2D eigenvalue weighted by atomic mass is 14.9. The molecule has 2 aliphatic heterocycles. The Labute approximate surface area is 98.5 Å². The zero-order valence-electron chi connectivity index (χ0n) is 9.17. The third kappa shape index (κ3) is 1.12. The van der Waals surface area contributed by atoms with Gasteiger partial charge in [0.05, 0.1) is 16.7 Å². The van der Waals surface area contributed by atoms with E-state index < -0.39 is 0 Å². The normalized spacial score (nSPS) is 11.5. The molecule has 0 saturated heterocycles. The van der Waals surface area contributed by atoms with Crippen molar-refractivity contribution in [2.24, 2.45) is 0 Å². The van der Waals surface area contributed by atoms with Gasteiger partial charge in [0.2, 0.25) is 0 Å². The molecule has 0 bridgehead atoms. The van der Waals surface area contributed by atoms with Crippen molar-refractivity contribution in [2.45, 2.75) is 0 Å². The van der Waals surface area contributed by atoms with Gasteiger partial charge in [-0.25, -0.2) is 4.98 Å². The second-order valence-electron chi connectivity index (χ2n) is 4.20. The quantitative estimate of drug-likeness (QED) is 0.441. The van der Waals surface area contributed by atoms with Crippen LogP contribution >= 0.6 is 0 Å². The van der Waals surface area contributed by atoms with Crippen LogP contribution in [0.2, 0.25) is 0 Å². The van der Waals surface area contributed by atoms with E-state index in [0.717, 1.165) is 11.2 Å². The Bertz CT molecular complexity index is 792. The van der Waals surface area contributed by atoms with Gasteiger partial charge < -0.3 is 4.40 Å². The van der Waals surface area contributed by atoms with E-state index in [0.29, 0.717) is 0 Å². The minimum atomic E-state index is 1.07. The number of para-hydroxylation sites is 1. The van der Waals surface area contributed by atoms with E-state index in [2.05, 4.69) is 58.2 Å². The van der Waals surface area contributed by atoms with Gasteiger partial charge in [0.25, 0.3) is 0 Å². The van der Waals surface area contributed by atoms with Gasteiger partial charge in [0.1, 0.15) is 0 Å². The van der Waals surface area contributed by atoms with E-state index in [4.69, 9.17) is 0 Å². The molecule has 2 heteroatoms. The fourth-order valence-corrected chi connectivity index (χ4v) is 2.44. The van der Waals surface area contributed by atoms with E-state index in [1.54, 1.807) is 0 Å². The van der Waals surface area contributed by atoms with Gasteiger partial charge in [-0.1, -0.05) is 24.3 Å². The van der Waals surface area contributed by atoms with Crippen molar-refractivity contribution < 1.29 is 0 Å². The summed E-state index contributed by atoms with van der Waals surface area (Å²) in [5.74, 6) is 0. The molecule has 0 unspecified atom stereocenters. The van der Waals surface area contributed by atoms with E-state index >= 15 is 0 Å². The minimum absolute atomic E-state index is 1.07. The Morgan fingerprint density at radius 1 is 0.824 bits per heavy atom. The molecule has 80 valence electrons. The fraction of sp³-hybridized carbons (Fsp3) is 0. The number of fused-ring (bicyclic) bond motifs is 5. The van der Waals surface area contributed by atoms with Crippen molar-refractivity contribution >= 4 is 16.4 Å². The predicted molar refractivity (Wildman–Crippen MR) is 69.3 cm³/mol. The molecule has 0 atom stereocenters. The highest BCUT2D eigenvalue weighted by molar-refractivity contribution is 6.03. The monoisotopic (exact) mass is 218 g/mol. The Morgan fingerprint density at radius 3 is 2.71 bits per heavy atom. The van der Waals surface area contributed by atoms with Gasteiger partial charge in [0.15, 0.2) is 0 Å². The lowest BCUT2D eigenvalue weighted by Gasteiger charge is -2.06. The van der Waals surface area contributed by atoms with Crippen LogP contribution in [0.5, 0.6) is 0 Å². The van der Waals surface area contributed by atoms with E-state index in [-0.39, 0.29) is 0 Å². The van der Waals surface area contributed by atoms with Crippen molar-refractivity contribution in [3.05, 3.63) is 60.9 Å². The van der Waals surface area contributed by atoms with Crippen LogP contribution in [0.1, 0.15) is 0 Å². The average molecular weight is 218 g/mol. The van der Waals surface area contributed by atoms with Gasteiger partial charge in [-0.3, -0.25) is 0 Å². The standard InChI is InChI=1S/C15H10N2/c1-2-6-12-11(5-1)15-13(16-12)8-10-17-9-4-3-7-14(15)17/h1-10H. The first-order chi connectivity index (χ1) is 8.43. The van der Waals surface area contributed by atoms with Crippen LogP contribution in [0.15, 0.2) is 60.9 Å². The van der Waals surface area contributed by atoms with Gasteiger partial charge in [0, 0.05) is 23.3 Å². The summed E-state index contributed by atoms with van der Waals surface area (Å²) in [5, 5.41) is 1.23. The summed E-state index contributed by atoms with van der Waals surface area (Å²) >= 11 is 0. The molecular formula is C15H10N2. The number of benzene rings is 1. The minimum Gasteiger partial charge on any atom is -0.323 e. The van der Waals surface area contributed by atoms with Crippen LogP contribution in [0.25, 0.3) is 27.7 Å². The van der Waals surface area contributed by atoms with Crippen molar-refractivity contribution in [1.29, 1.82) is 0 Å². The number of nitrogens with zero attached hydrogens (tertiary/aromatic N) is 2. The molecule has 0 saturated carbocycles. The largest absolute Gasteiger partial charge is 0.323 e. The van der Waals surface area contributed by atoms with Crippen LogP contribution in [-0.2, 0) is 0 Å². The molecule has 0 fully saturated rings. The molecule has 1 aromatic heterocycles. The molecule has 0 radical (unpaired) electrons. The second-order valence-corrected chi connectivity index (χ2v) is 4.20. The topological polar surface area (TPSA) is 17.3 Å². The summed E-state index contributed by atoms with van der Waals surface area (Å²) in [4.78, 5) is 4.65. The number of pyridine rings is 2. The molecule has 2 aliphatic rings. The molecule has 1 aromatic carbocycles. The van der Waals surface area contributed by atoms with Gasteiger partial charge in [-0.05, 0) is 24.3 Å². The molecular weight excluding hydrogens is 208 g/mol. The molecule has 2 aromatic rings. The second kappa shape index (κ2) is 3.08. The number of aromatic nitrogens is 2. The first-order valence-corrected chi connectivity index (χ1v) is 5.68. The molecule has 0 N–H and O–H groups in total. The van der Waals surface area contributed by atoms with Gasteiger partial charge in [-0.2, -0.15) is 0 Å². The van der Waals surface area contributed by atoms with Crippen LogP contribution in [-0.4, -0.2) is 9.38 Å². The Balaban J connectivity index is 2.33. The molecule has 3 heterocycles. The first kappa shape index (κ1) is 8.76. The lowest BCUT2D eigenvalue weighted by Crippen LogP contribution is -1.90. The van der Waals surface area contributed by atoms with Crippen LogP contribution in [0.4, 0.5) is 0 Å². The maximum absolute atomic E-state index is 4.65. The lowest BCUT2D eigenvalue weighted by molar-refractivity contribution is 1.16. The SMILES string of the molecule is c1ccc2c3c4ccccn4ccc-3nc2c1. The zero-order valence-corrected chi connectivity index (χ0v) is 9.17. The molecule has 0 amide bonds. The van der Waals surface area contributed by atoms with Gasteiger partial charge in [-0.15, -0.1) is 0 Å². The molecule has 4 rings (SSSR count).